The highest BCUT2D eigenvalue weighted by Gasteiger charge is 2.26. The Balaban J connectivity index is 1.45. The number of hydrogen-bond donors (Lipinski definition) is 5. The van der Waals surface area contributed by atoms with Crippen LogP contribution in [0.5, 0.6) is 0 Å². The fourth-order valence-corrected chi connectivity index (χ4v) is 4.37. The first kappa shape index (κ1) is 27.5. The van der Waals surface area contributed by atoms with Crippen molar-refractivity contribution in [2.75, 3.05) is 0 Å². The summed E-state index contributed by atoms with van der Waals surface area (Å²) in [7, 11) is 0. The van der Waals surface area contributed by atoms with Crippen LogP contribution in [-0.4, -0.2) is 49.3 Å². The van der Waals surface area contributed by atoms with E-state index in [0.717, 1.165) is 33.5 Å². The number of hydrogen-bond acceptors (Lipinski definition) is 8. The molecule has 0 saturated carbocycles. The van der Waals surface area contributed by atoms with Crippen LogP contribution in [0.25, 0.3) is 16.6 Å². The lowest BCUT2D eigenvalue weighted by Crippen LogP contribution is -2.38. The Hall–Kier alpha value is -6.05. The van der Waals surface area contributed by atoms with Crippen LogP contribution in [0.15, 0.2) is 65.2 Å². The van der Waals surface area contributed by atoms with Gasteiger partial charge >= 0.3 is 5.97 Å². The number of nitrogens with zero attached hydrogens (tertiary/aromatic N) is 3. The molecule has 0 radical (unpaired) electrons. The predicted octanol–water partition coefficient (Wildman–Crippen LogP) is 1.47. The Labute approximate surface area is 236 Å². The van der Waals surface area contributed by atoms with Crippen molar-refractivity contribution in [2.45, 2.75) is 19.5 Å². The molecule has 3 aromatic heterocycles. The lowest BCUT2D eigenvalue weighted by molar-refractivity contribution is -0.120. The fourth-order valence-electron chi connectivity index (χ4n) is 4.37. The molecule has 2 aromatic carbocycles. The topological polar surface area (TPSA) is 225 Å². The van der Waals surface area contributed by atoms with E-state index in [2.05, 4.69) is 20.7 Å². The van der Waals surface area contributed by atoms with Gasteiger partial charge in [0.05, 0.1) is 11.8 Å². The first-order valence-corrected chi connectivity index (χ1v) is 12.4. The van der Waals surface area contributed by atoms with Crippen molar-refractivity contribution in [2.24, 2.45) is 11.5 Å². The highest BCUT2D eigenvalue weighted by atomic mass is 16.4. The number of aromatic carboxylic acids is 1. The average molecular weight is 570 g/mol. The van der Waals surface area contributed by atoms with E-state index in [4.69, 9.17) is 21.0 Å². The lowest BCUT2D eigenvalue weighted by Gasteiger charge is -2.17. The Kier molecular flexibility index (Phi) is 7.10. The van der Waals surface area contributed by atoms with E-state index in [1.54, 1.807) is 12.1 Å². The van der Waals surface area contributed by atoms with E-state index in [1.165, 1.54) is 24.3 Å². The van der Waals surface area contributed by atoms with Crippen LogP contribution < -0.4 is 22.1 Å². The maximum atomic E-state index is 13.4. The fraction of sp³-hybridized carbons (Fsp3) is 0.107. The second kappa shape index (κ2) is 10.8. The van der Waals surface area contributed by atoms with Crippen LogP contribution in [-0.2, 0) is 11.3 Å². The number of benzene rings is 2. The molecule has 42 heavy (non-hydrogen) atoms. The summed E-state index contributed by atoms with van der Waals surface area (Å²) in [5.41, 5.74) is 11.9. The highest BCUT2D eigenvalue weighted by Crippen LogP contribution is 2.21. The summed E-state index contributed by atoms with van der Waals surface area (Å²) in [4.78, 5) is 66.2. The predicted molar refractivity (Wildman–Crippen MR) is 146 cm³/mol. The Morgan fingerprint density at radius 1 is 1.00 bits per heavy atom. The minimum atomic E-state index is -1.37. The molecule has 0 saturated heterocycles. The number of nitrogens with two attached hydrogens (primary N) is 2. The first-order valence-electron chi connectivity index (χ1n) is 12.4. The zero-order valence-electron chi connectivity index (χ0n) is 22.0. The minimum Gasteiger partial charge on any atom is -0.478 e. The van der Waals surface area contributed by atoms with Gasteiger partial charge in [-0.15, -0.1) is 0 Å². The van der Waals surface area contributed by atoms with Crippen molar-refractivity contribution in [1.82, 2.24) is 25.2 Å². The maximum absolute atomic E-state index is 13.4. The summed E-state index contributed by atoms with van der Waals surface area (Å²) in [6.45, 7) is 1.94. The van der Waals surface area contributed by atoms with Gasteiger partial charge in [0.1, 0.15) is 34.3 Å². The molecule has 0 unspecified atom stereocenters. The molecule has 14 nitrogen and oxygen atoms in total. The van der Waals surface area contributed by atoms with Gasteiger partial charge in [-0.25, -0.2) is 14.3 Å². The van der Waals surface area contributed by atoms with Gasteiger partial charge in [0.2, 0.25) is 5.91 Å². The Morgan fingerprint density at radius 2 is 1.74 bits per heavy atom. The number of aryl methyl sites for hydroxylation is 1. The second-order valence-electron chi connectivity index (χ2n) is 9.33. The number of furan rings is 1. The van der Waals surface area contributed by atoms with Gasteiger partial charge < -0.3 is 31.6 Å². The zero-order chi connectivity index (χ0) is 30.1. The summed E-state index contributed by atoms with van der Waals surface area (Å²) in [5, 5.41) is 19.2. The number of fused-ring (bicyclic) bond motifs is 2. The number of nitrogens with one attached hydrogen (secondary N) is 2. The SMILES string of the molecule is Cc1cc2cc(CNC(=O)c3cc(C(=O)N[C@@H](C(N)=O)c4ccc(C(=O)O)cc4)n4ncc(C(N)=O)c4n3)ccc2o1. The van der Waals surface area contributed by atoms with Crippen LogP contribution in [0.4, 0.5) is 0 Å². The summed E-state index contributed by atoms with van der Waals surface area (Å²) in [6.07, 6.45) is 1.10. The van der Waals surface area contributed by atoms with Gasteiger partial charge in [-0.05, 0) is 48.4 Å². The Morgan fingerprint density at radius 3 is 2.40 bits per heavy atom. The molecule has 7 N–H and O–H groups in total. The van der Waals surface area contributed by atoms with Crippen molar-refractivity contribution in [3.8, 4) is 0 Å². The molecule has 0 aliphatic carbocycles. The molecule has 5 rings (SSSR count). The summed E-state index contributed by atoms with van der Waals surface area (Å²) >= 11 is 0. The third-order valence-corrected chi connectivity index (χ3v) is 6.41. The first-order chi connectivity index (χ1) is 20.0. The van der Waals surface area contributed by atoms with Gasteiger partial charge in [0.15, 0.2) is 5.65 Å². The molecule has 14 heteroatoms. The third kappa shape index (κ3) is 5.36. The molecular formula is C28H23N7O7. The Bertz CT molecular complexity index is 1910. The third-order valence-electron chi connectivity index (χ3n) is 6.41. The van der Waals surface area contributed by atoms with Crippen molar-refractivity contribution in [3.63, 3.8) is 0 Å². The van der Waals surface area contributed by atoms with E-state index in [0.29, 0.717) is 5.58 Å². The number of carboxylic acid groups (broad SMARTS) is 1. The van der Waals surface area contributed by atoms with Gasteiger partial charge in [-0.2, -0.15) is 5.10 Å². The average Bonchev–Trinajstić information content (AvgIpc) is 3.56. The number of carbonyl (C=O) groups excluding carboxylic acids is 4. The number of rotatable bonds is 9. The molecule has 0 aliphatic heterocycles. The molecule has 0 bridgehead atoms. The number of aromatic nitrogens is 3. The van der Waals surface area contributed by atoms with Crippen LogP contribution in [0.2, 0.25) is 0 Å². The van der Waals surface area contributed by atoms with Crippen molar-refractivity contribution in [1.29, 1.82) is 0 Å². The molecule has 0 aliphatic rings. The van der Waals surface area contributed by atoms with Crippen LogP contribution in [0, 0.1) is 6.92 Å². The highest BCUT2D eigenvalue weighted by molar-refractivity contribution is 6.03. The lowest BCUT2D eigenvalue weighted by atomic mass is 10.0. The second-order valence-corrected chi connectivity index (χ2v) is 9.33. The number of carboxylic acids is 1. The molecule has 4 amide bonds. The minimum absolute atomic E-state index is 0.0323. The van der Waals surface area contributed by atoms with Gasteiger partial charge in [-0.1, -0.05) is 18.2 Å². The van der Waals surface area contributed by atoms with Crippen molar-refractivity contribution >= 4 is 46.2 Å². The molecule has 5 aromatic rings. The maximum Gasteiger partial charge on any atom is 0.335 e. The molecule has 212 valence electrons. The number of primary amides is 2. The monoisotopic (exact) mass is 569 g/mol. The smallest absolute Gasteiger partial charge is 0.335 e. The summed E-state index contributed by atoms with van der Waals surface area (Å²) < 4.78 is 6.58. The quantitative estimate of drug-likeness (QED) is 0.173. The molecular weight excluding hydrogens is 546 g/mol. The van der Waals surface area contributed by atoms with Crippen LogP contribution in [0.1, 0.15) is 64.6 Å². The zero-order valence-corrected chi connectivity index (χ0v) is 22.0. The van der Waals surface area contributed by atoms with Gasteiger partial charge in [0.25, 0.3) is 17.7 Å². The van der Waals surface area contributed by atoms with Crippen molar-refractivity contribution in [3.05, 3.63) is 100 Å². The van der Waals surface area contributed by atoms with Crippen molar-refractivity contribution < 1.29 is 33.5 Å². The van der Waals surface area contributed by atoms with E-state index in [1.807, 2.05) is 19.1 Å². The molecule has 0 spiro atoms. The van der Waals surface area contributed by atoms with E-state index >= 15 is 0 Å². The molecule has 3 heterocycles. The normalized spacial score (nSPS) is 11.7. The van der Waals surface area contributed by atoms with Crippen LogP contribution >= 0.6 is 0 Å². The summed E-state index contributed by atoms with van der Waals surface area (Å²) in [6, 6.07) is 12.3. The van der Waals surface area contributed by atoms with E-state index in [9.17, 15) is 24.0 Å². The van der Waals surface area contributed by atoms with Gasteiger partial charge in [0, 0.05) is 18.0 Å². The van der Waals surface area contributed by atoms with Crippen LogP contribution in [0.3, 0.4) is 0 Å². The van der Waals surface area contributed by atoms with E-state index in [-0.39, 0.29) is 40.3 Å². The largest absolute Gasteiger partial charge is 0.478 e. The van der Waals surface area contributed by atoms with Gasteiger partial charge in [-0.3, -0.25) is 19.2 Å². The number of carbonyl (C=O) groups is 5. The molecule has 1 atom stereocenters. The molecule has 0 fully saturated rings. The summed E-state index contributed by atoms with van der Waals surface area (Å²) in [5.74, 6) is -3.80. The number of amides is 4. The standard InChI is InChI=1S/C28H23N7O7/c1-13-8-17-9-14(2-7-21(17)42-13)11-31-26(38)19-10-20(35-25(33-19)18(12-32-35)23(29)36)27(39)34-22(24(30)37)15-3-5-16(6-4-15)28(40)41/h2-10,12,22H,11H2,1H3,(H2,29,36)(H2,30,37)(H,31,38)(H,34,39)(H,40,41)/t22-/m1/s1. The van der Waals surface area contributed by atoms with E-state index < -0.39 is 35.6 Å².